The Morgan fingerprint density at radius 2 is 2.17 bits per heavy atom. The zero-order valence-corrected chi connectivity index (χ0v) is 13.4. The molecule has 2 saturated heterocycles. The Kier molecular flexibility index (Phi) is 5.94. The summed E-state index contributed by atoms with van der Waals surface area (Å²) in [4.78, 5) is 12.4. The van der Waals surface area contributed by atoms with Gasteiger partial charge >= 0.3 is 0 Å². The minimum atomic E-state index is -1.97. The largest absolute Gasteiger partial charge is 0.396 e. The van der Waals surface area contributed by atoms with Crippen molar-refractivity contribution in [2.24, 2.45) is 11.8 Å². The molecule has 0 radical (unpaired) electrons. The van der Waals surface area contributed by atoms with Gasteiger partial charge in [0.15, 0.2) is 11.9 Å². The van der Waals surface area contributed by atoms with Gasteiger partial charge in [0.05, 0.1) is 13.2 Å². The third-order valence-electron chi connectivity index (χ3n) is 4.80. The van der Waals surface area contributed by atoms with Gasteiger partial charge in [-0.1, -0.05) is 19.1 Å². The van der Waals surface area contributed by atoms with E-state index in [1.807, 2.05) is 6.92 Å². The molecule has 0 saturated carbocycles. The van der Waals surface area contributed by atoms with E-state index in [-0.39, 0.29) is 19.1 Å². The number of carbonyl (C=O) groups excluding carboxylic acids is 1. The minimum absolute atomic E-state index is 0.0756. The molecule has 0 aromatic carbocycles. The lowest BCUT2D eigenvalue weighted by Crippen LogP contribution is -2.64. The molecular weight excluding hydrogens is 304 g/mol. The van der Waals surface area contributed by atoms with Crippen molar-refractivity contribution in [3.8, 4) is 0 Å². The Balaban J connectivity index is 2.04. The molecule has 2 fully saturated rings. The first-order chi connectivity index (χ1) is 10.9. The van der Waals surface area contributed by atoms with Crippen molar-refractivity contribution in [2.75, 3.05) is 19.8 Å². The van der Waals surface area contributed by atoms with Crippen LogP contribution >= 0.6 is 0 Å². The highest BCUT2D eigenvalue weighted by Gasteiger charge is 2.63. The van der Waals surface area contributed by atoms with Gasteiger partial charge in [0, 0.05) is 12.5 Å². The van der Waals surface area contributed by atoms with E-state index in [1.165, 1.54) is 0 Å². The fourth-order valence-corrected chi connectivity index (χ4v) is 3.19. The molecule has 0 amide bonds. The number of carbonyl (C=O) groups is 1. The molecule has 0 aromatic heterocycles. The predicted octanol–water partition coefficient (Wildman–Crippen LogP) is -0.634. The summed E-state index contributed by atoms with van der Waals surface area (Å²) >= 11 is 0. The van der Waals surface area contributed by atoms with E-state index in [0.717, 1.165) is 12.8 Å². The highest BCUT2D eigenvalue weighted by atomic mass is 16.7. The van der Waals surface area contributed by atoms with Crippen LogP contribution in [0, 0.1) is 11.8 Å². The minimum Gasteiger partial charge on any atom is -0.396 e. The molecule has 0 bridgehead atoms. The van der Waals surface area contributed by atoms with Gasteiger partial charge in [-0.05, 0) is 25.2 Å². The zero-order valence-electron chi connectivity index (χ0n) is 13.4. The number of aliphatic hydroxyl groups is 4. The van der Waals surface area contributed by atoms with Crippen LogP contribution in [0.2, 0.25) is 0 Å². The molecule has 6 unspecified atom stereocenters. The number of hydrogen-bond donors (Lipinski definition) is 4. The van der Waals surface area contributed by atoms with Crippen LogP contribution in [0.15, 0.2) is 12.2 Å². The van der Waals surface area contributed by atoms with Gasteiger partial charge in [0.25, 0.3) is 0 Å². The van der Waals surface area contributed by atoms with E-state index < -0.39 is 42.4 Å². The van der Waals surface area contributed by atoms with E-state index >= 15 is 0 Å². The van der Waals surface area contributed by atoms with E-state index in [2.05, 4.69) is 6.58 Å². The van der Waals surface area contributed by atoms with Gasteiger partial charge in [-0.3, -0.25) is 4.79 Å². The predicted molar refractivity (Wildman–Crippen MR) is 80.4 cm³/mol. The summed E-state index contributed by atoms with van der Waals surface area (Å²) in [6, 6.07) is 0. The van der Waals surface area contributed by atoms with Crippen molar-refractivity contribution in [2.45, 2.75) is 50.3 Å². The molecule has 7 nitrogen and oxygen atoms in total. The van der Waals surface area contributed by atoms with Gasteiger partial charge in [-0.15, -0.1) is 0 Å². The monoisotopic (exact) mass is 330 g/mol. The van der Waals surface area contributed by atoms with Gasteiger partial charge < -0.3 is 29.9 Å². The third kappa shape index (κ3) is 3.35. The van der Waals surface area contributed by atoms with E-state index in [4.69, 9.17) is 19.7 Å². The summed E-state index contributed by atoms with van der Waals surface area (Å²) in [5, 5.41) is 38.9. The van der Waals surface area contributed by atoms with Crippen LogP contribution in [-0.4, -0.2) is 70.1 Å². The first-order valence-corrected chi connectivity index (χ1v) is 7.97. The van der Waals surface area contributed by atoms with E-state index in [1.54, 1.807) is 0 Å². The highest BCUT2D eigenvalue weighted by Crippen LogP contribution is 2.42. The van der Waals surface area contributed by atoms with Gasteiger partial charge in [-0.25, -0.2) is 0 Å². The molecular formula is C16H26O7. The Hall–Kier alpha value is -0.830. The maximum atomic E-state index is 12.4. The Bertz CT molecular complexity index is 452. The molecule has 0 aliphatic carbocycles. The zero-order chi connectivity index (χ0) is 17.2. The first-order valence-electron chi connectivity index (χ1n) is 7.97. The maximum Gasteiger partial charge on any atom is 0.201 e. The second-order valence-corrected chi connectivity index (χ2v) is 6.55. The van der Waals surface area contributed by atoms with Crippen LogP contribution in [0.4, 0.5) is 0 Å². The van der Waals surface area contributed by atoms with Crippen LogP contribution in [-0.2, 0) is 14.3 Å². The Morgan fingerprint density at radius 1 is 1.48 bits per heavy atom. The highest BCUT2D eigenvalue weighted by molar-refractivity contribution is 5.93. The van der Waals surface area contributed by atoms with Crippen LogP contribution in [0.3, 0.4) is 0 Å². The van der Waals surface area contributed by atoms with E-state index in [9.17, 15) is 15.0 Å². The van der Waals surface area contributed by atoms with Crippen molar-refractivity contribution in [3.63, 3.8) is 0 Å². The number of rotatable bonds is 7. The fourth-order valence-electron chi connectivity index (χ4n) is 3.19. The smallest absolute Gasteiger partial charge is 0.201 e. The summed E-state index contributed by atoms with van der Waals surface area (Å²) in [7, 11) is 0. The summed E-state index contributed by atoms with van der Waals surface area (Å²) < 4.78 is 10.7. The quantitative estimate of drug-likeness (QED) is 0.459. The number of Topliss-reactive ketones (excluding diaryl/α,β-unsaturated/α-hetero) is 1. The molecule has 2 heterocycles. The molecule has 4 N–H and O–H groups in total. The average Bonchev–Trinajstić information content (AvgIpc) is 2.88. The van der Waals surface area contributed by atoms with Crippen molar-refractivity contribution in [3.05, 3.63) is 12.2 Å². The lowest BCUT2D eigenvalue weighted by Gasteiger charge is -2.41. The van der Waals surface area contributed by atoms with Crippen molar-refractivity contribution in [1.82, 2.24) is 0 Å². The van der Waals surface area contributed by atoms with Crippen molar-refractivity contribution >= 4 is 5.78 Å². The van der Waals surface area contributed by atoms with Gasteiger partial charge in [0.2, 0.25) is 5.78 Å². The Labute approximate surface area is 135 Å². The number of hydrogen-bond acceptors (Lipinski definition) is 7. The van der Waals surface area contributed by atoms with Crippen LogP contribution in [0.1, 0.15) is 26.2 Å². The SMILES string of the molecule is C=C(CCCC(C)CO)C1COC2OC(CO)C(O)C(=O)C21O. The third-order valence-corrected chi connectivity index (χ3v) is 4.80. The van der Waals surface area contributed by atoms with Crippen molar-refractivity contribution < 1.29 is 34.7 Å². The van der Waals surface area contributed by atoms with Crippen LogP contribution < -0.4 is 0 Å². The summed E-state index contributed by atoms with van der Waals surface area (Å²) in [5.74, 6) is -1.26. The number of aliphatic hydroxyl groups excluding tert-OH is 3. The van der Waals surface area contributed by atoms with Gasteiger partial charge in [-0.2, -0.15) is 0 Å². The number of ketones is 1. The maximum absolute atomic E-state index is 12.4. The second-order valence-electron chi connectivity index (χ2n) is 6.55. The topological polar surface area (TPSA) is 116 Å². The lowest BCUT2D eigenvalue weighted by atomic mass is 9.76. The van der Waals surface area contributed by atoms with Gasteiger partial charge in [0.1, 0.15) is 12.2 Å². The molecule has 2 aliphatic rings. The molecule has 132 valence electrons. The number of fused-ring (bicyclic) bond motifs is 1. The van der Waals surface area contributed by atoms with Crippen LogP contribution in [0.25, 0.3) is 0 Å². The summed E-state index contributed by atoms with van der Waals surface area (Å²) in [5.41, 5.74) is -1.31. The second kappa shape index (κ2) is 7.38. The molecule has 2 aliphatic heterocycles. The molecule has 0 aromatic rings. The lowest BCUT2D eigenvalue weighted by molar-refractivity contribution is -0.259. The average molecular weight is 330 g/mol. The van der Waals surface area contributed by atoms with Crippen molar-refractivity contribution in [1.29, 1.82) is 0 Å². The number of ether oxygens (including phenoxy) is 2. The standard InChI is InChI=1S/C16H26O7/c1-9(6-17)4-3-5-10(2)11-8-22-15-16(11,21)14(20)13(19)12(7-18)23-15/h9,11-13,15,17-19,21H,2-8H2,1H3. The first kappa shape index (κ1) is 18.5. The molecule has 23 heavy (non-hydrogen) atoms. The Morgan fingerprint density at radius 3 is 2.78 bits per heavy atom. The molecule has 6 atom stereocenters. The van der Waals surface area contributed by atoms with E-state index in [0.29, 0.717) is 12.0 Å². The molecule has 2 rings (SSSR count). The summed E-state index contributed by atoms with van der Waals surface area (Å²) in [6.07, 6.45) is -1.72. The van der Waals surface area contributed by atoms with Crippen LogP contribution in [0.5, 0.6) is 0 Å². The molecule has 7 heteroatoms. The molecule has 0 spiro atoms. The fraction of sp³-hybridized carbons (Fsp3) is 0.812. The normalized spacial score (nSPS) is 38.4. The summed E-state index contributed by atoms with van der Waals surface area (Å²) in [6.45, 7) is 5.55.